The molecule has 0 saturated carbocycles. The fraction of sp³-hybridized carbons (Fsp3) is 0.294. The van der Waals surface area contributed by atoms with Crippen LogP contribution < -0.4 is 10.4 Å². The van der Waals surface area contributed by atoms with Crippen molar-refractivity contribution in [2.24, 2.45) is 5.10 Å². The molecule has 20 heavy (non-hydrogen) atoms. The Morgan fingerprint density at radius 1 is 1.00 bits per heavy atom. The highest BCUT2D eigenvalue weighted by Crippen LogP contribution is 2.16. The van der Waals surface area contributed by atoms with Gasteiger partial charge in [0.15, 0.2) is 0 Å². The molecular formula is C17H20N3+. The SMILES string of the molecule is C(=NNC1=[NH+]CCCCC1)c1cccc2ccccc12. The monoisotopic (exact) mass is 266 g/mol. The molecule has 0 atom stereocenters. The molecule has 0 unspecified atom stereocenters. The molecule has 0 amide bonds. The first-order valence-corrected chi connectivity index (χ1v) is 7.30. The minimum atomic E-state index is 1.05. The lowest BCUT2D eigenvalue weighted by Crippen LogP contribution is -2.75. The molecule has 0 radical (unpaired) electrons. The van der Waals surface area contributed by atoms with Crippen LogP contribution in [0.1, 0.15) is 31.2 Å². The number of benzene rings is 2. The predicted octanol–water partition coefficient (Wildman–Crippen LogP) is 1.82. The summed E-state index contributed by atoms with van der Waals surface area (Å²) in [5.74, 6) is 1.14. The van der Waals surface area contributed by atoms with E-state index in [1.807, 2.05) is 6.21 Å². The lowest BCUT2D eigenvalue weighted by atomic mass is 10.1. The summed E-state index contributed by atoms with van der Waals surface area (Å²) in [4.78, 5) is 3.40. The van der Waals surface area contributed by atoms with Crippen LogP contribution >= 0.6 is 0 Å². The Morgan fingerprint density at radius 2 is 1.90 bits per heavy atom. The Bertz CT molecular complexity index is 638. The second-order valence-electron chi connectivity index (χ2n) is 5.15. The van der Waals surface area contributed by atoms with E-state index in [1.54, 1.807) is 0 Å². The molecule has 1 heterocycles. The quantitative estimate of drug-likeness (QED) is 0.631. The highest BCUT2D eigenvalue weighted by Gasteiger charge is 2.08. The van der Waals surface area contributed by atoms with E-state index < -0.39 is 0 Å². The number of amidine groups is 1. The van der Waals surface area contributed by atoms with E-state index in [2.05, 4.69) is 58.0 Å². The zero-order valence-corrected chi connectivity index (χ0v) is 11.6. The van der Waals surface area contributed by atoms with Crippen molar-refractivity contribution in [3.8, 4) is 0 Å². The Labute approximate surface area is 119 Å². The van der Waals surface area contributed by atoms with Crippen LogP contribution in [0.4, 0.5) is 0 Å². The standard InChI is InChI=1S/C17H19N3/c1-2-11-17(18-12-5-1)20-19-13-15-9-6-8-14-7-3-4-10-16(14)15/h3-4,6-10,13H,1-2,5,11-12H2,(H,18,20)/p+1. The maximum Gasteiger partial charge on any atom is 0.267 e. The summed E-state index contributed by atoms with van der Waals surface area (Å²) in [7, 11) is 0. The van der Waals surface area contributed by atoms with Crippen molar-refractivity contribution in [3.05, 3.63) is 48.0 Å². The highest BCUT2D eigenvalue weighted by molar-refractivity contribution is 5.99. The van der Waals surface area contributed by atoms with E-state index in [0.717, 1.165) is 24.4 Å². The summed E-state index contributed by atoms with van der Waals surface area (Å²) in [6, 6.07) is 14.7. The second-order valence-corrected chi connectivity index (χ2v) is 5.15. The molecule has 0 fully saturated rings. The zero-order valence-electron chi connectivity index (χ0n) is 11.6. The lowest BCUT2D eigenvalue weighted by Gasteiger charge is -2.00. The van der Waals surface area contributed by atoms with Crippen molar-refractivity contribution in [1.82, 2.24) is 5.43 Å². The molecule has 1 aliphatic heterocycles. The van der Waals surface area contributed by atoms with Crippen LogP contribution in [0.25, 0.3) is 10.8 Å². The van der Waals surface area contributed by atoms with Gasteiger partial charge in [0.05, 0.1) is 19.2 Å². The van der Waals surface area contributed by atoms with Gasteiger partial charge < -0.3 is 0 Å². The number of fused-ring (bicyclic) bond motifs is 1. The first kappa shape index (κ1) is 12.9. The Balaban J connectivity index is 1.75. The van der Waals surface area contributed by atoms with Gasteiger partial charge in [0.1, 0.15) is 0 Å². The third-order valence-corrected chi connectivity index (χ3v) is 3.67. The molecule has 2 aromatic carbocycles. The molecule has 0 bridgehead atoms. The van der Waals surface area contributed by atoms with Crippen LogP contribution in [0.15, 0.2) is 47.6 Å². The molecule has 0 aliphatic carbocycles. The van der Waals surface area contributed by atoms with Crippen molar-refractivity contribution in [3.63, 3.8) is 0 Å². The Morgan fingerprint density at radius 3 is 2.90 bits per heavy atom. The molecule has 3 rings (SSSR count). The maximum atomic E-state index is 4.38. The fourth-order valence-corrected chi connectivity index (χ4v) is 2.57. The average Bonchev–Trinajstić information content (AvgIpc) is 2.76. The van der Waals surface area contributed by atoms with Crippen molar-refractivity contribution >= 4 is 22.8 Å². The van der Waals surface area contributed by atoms with E-state index in [4.69, 9.17) is 0 Å². The molecule has 2 aromatic rings. The van der Waals surface area contributed by atoms with Crippen LogP contribution in [0.2, 0.25) is 0 Å². The van der Waals surface area contributed by atoms with Crippen LogP contribution in [-0.4, -0.2) is 18.6 Å². The van der Waals surface area contributed by atoms with Gasteiger partial charge in [-0.3, -0.25) is 4.99 Å². The van der Waals surface area contributed by atoms with Crippen LogP contribution in [-0.2, 0) is 0 Å². The minimum Gasteiger partial charge on any atom is -0.277 e. The van der Waals surface area contributed by atoms with Crippen LogP contribution in [0.3, 0.4) is 0 Å². The van der Waals surface area contributed by atoms with E-state index in [-0.39, 0.29) is 0 Å². The van der Waals surface area contributed by atoms with Gasteiger partial charge in [-0.2, -0.15) is 5.43 Å². The second kappa shape index (κ2) is 6.33. The van der Waals surface area contributed by atoms with Gasteiger partial charge in [-0.05, 0) is 30.0 Å². The molecular weight excluding hydrogens is 246 g/mol. The van der Waals surface area contributed by atoms with Gasteiger partial charge in [-0.15, -0.1) is 0 Å². The molecule has 0 spiro atoms. The maximum absolute atomic E-state index is 4.38. The van der Waals surface area contributed by atoms with Crippen LogP contribution in [0.5, 0.6) is 0 Å². The Kier molecular flexibility index (Phi) is 4.07. The molecule has 102 valence electrons. The third kappa shape index (κ3) is 3.05. The lowest BCUT2D eigenvalue weighted by molar-refractivity contribution is -0.459. The average molecular weight is 266 g/mol. The number of hydrogen-bond acceptors (Lipinski definition) is 2. The first-order chi connectivity index (χ1) is 9.93. The number of hydrogen-bond donors (Lipinski definition) is 2. The van der Waals surface area contributed by atoms with Crippen molar-refractivity contribution < 1.29 is 4.99 Å². The van der Waals surface area contributed by atoms with Gasteiger partial charge >= 0.3 is 0 Å². The summed E-state index contributed by atoms with van der Waals surface area (Å²) >= 11 is 0. The number of rotatable bonds is 2. The summed E-state index contributed by atoms with van der Waals surface area (Å²) in [5, 5.41) is 6.87. The van der Waals surface area contributed by atoms with Gasteiger partial charge in [0.2, 0.25) is 0 Å². The van der Waals surface area contributed by atoms with E-state index in [9.17, 15) is 0 Å². The number of hydrazone groups is 1. The molecule has 2 N–H and O–H groups in total. The minimum absolute atomic E-state index is 1.05. The normalized spacial score (nSPS) is 16.1. The molecule has 1 aliphatic rings. The molecule has 0 aromatic heterocycles. The molecule has 3 heteroatoms. The fourth-order valence-electron chi connectivity index (χ4n) is 2.57. The predicted molar refractivity (Wildman–Crippen MR) is 84.0 cm³/mol. The van der Waals surface area contributed by atoms with Crippen LogP contribution in [0, 0.1) is 0 Å². The van der Waals surface area contributed by atoms with Gasteiger partial charge in [0.25, 0.3) is 5.84 Å². The summed E-state index contributed by atoms with van der Waals surface area (Å²) in [5.41, 5.74) is 4.29. The summed E-state index contributed by atoms with van der Waals surface area (Å²) < 4.78 is 0. The topological polar surface area (TPSA) is 38.4 Å². The first-order valence-electron chi connectivity index (χ1n) is 7.30. The number of nitrogens with one attached hydrogen (secondary N) is 2. The summed E-state index contributed by atoms with van der Waals surface area (Å²) in [6.07, 6.45) is 6.75. The van der Waals surface area contributed by atoms with Crippen molar-refractivity contribution in [2.75, 3.05) is 6.54 Å². The highest BCUT2D eigenvalue weighted by atomic mass is 15.3. The Hall–Kier alpha value is -2.16. The number of nitrogens with zero attached hydrogens (tertiary/aromatic N) is 1. The zero-order chi connectivity index (χ0) is 13.6. The molecule has 0 saturated heterocycles. The van der Waals surface area contributed by atoms with Gasteiger partial charge in [-0.25, -0.2) is 0 Å². The van der Waals surface area contributed by atoms with Gasteiger partial charge in [-0.1, -0.05) is 47.6 Å². The van der Waals surface area contributed by atoms with Crippen molar-refractivity contribution in [2.45, 2.75) is 25.7 Å². The van der Waals surface area contributed by atoms with Gasteiger partial charge in [0, 0.05) is 5.56 Å². The van der Waals surface area contributed by atoms with E-state index >= 15 is 0 Å². The van der Waals surface area contributed by atoms with E-state index in [1.165, 1.54) is 30.0 Å². The summed E-state index contributed by atoms with van der Waals surface area (Å²) in [6.45, 7) is 1.05. The molecule has 3 nitrogen and oxygen atoms in total. The third-order valence-electron chi connectivity index (χ3n) is 3.67. The van der Waals surface area contributed by atoms with Crippen molar-refractivity contribution in [1.29, 1.82) is 0 Å². The van der Waals surface area contributed by atoms with E-state index in [0.29, 0.717) is 0 Å². The largest absolute Gasteiger partial charge is 0.277 e. The smallest absolute Gasteiger partial charge is 0.267 e.